The number of ether oxygens (including phenoxy) is 1. The number of halogens is 1. The van der Waals surface area contributed by atoms with E-state index in [0.717, 1.165) is 19.1 Å². The summed E-state index contributed by atoms with van der Waals surface area (Å²) < 4.78 is 6.78. The van der Waals surface area contributed by atoms with E-state index in [-0.39, 0.29) is 0 Å². The van der Waals surface area contributed by atoms with Crippen LogP contribution in [0.1, 0.15) is 30.9 Å². The number of hydrogen-bond donors (Lipinski definition) is 1. The quantitative estimate of drug-likeness (QED) is 0.845. The zero-order valence-electron chi connectivity index (χ0n) is 10.3. The molecule has 2 nitrogen and oxygen atoms in total. The molecule has 2 rings (SSSR count). The number of benzene rings is 1. The second-order valence-corrected chi connectivity index (χ2v) is 5.82. The smallest absolute Gasteiger partial charge is 0.0468 e. The Morgan fingerprint density at radius 1 is 1.35 bits per heavy atom. The average Bonchev–Trinajstić information content (AvgIpc) is 2.38. The van der Waals surface area contributed by atoms with Crippen LogP contribution in [0.15, 0.2) is 24.3 Å². The lowest BCUT2D eigenvalue weighted by Gasteiger charge is -2.27. The summed E-state index contributed by atoms with van der Waals surface area (Å²) in [6.45, 7) is 1.87. The molecular formula is C14H20INO. The van der Waals surface area contributed by atoms with Gasteiger partial charge in [-0.05, 0) is 66.4 Å². The van der Waals surface area contributed by atoms with Gasteiger partial charge in [-0.2, -0.15) is 0 Å². The van der Waals surface area contributed by atoms with Gasteiger partial charge in [-0.3, -0.25) is 0 Å². The lowest BCUT2D eigenvalue weighted by atomic mass is 9.89. The van der Waals surface area contributed by atoms with E-state index in [4.69, 9.17) is 4.74 Å². The summed E-state index contributed by atoms with van der Waals surface area (Å²) in [5.41, 5.74) is 1.43. The van der Waals surface area contributed by atoms with Crippen LogP contribution in [-0.4, -0.2) is 20.3 Å². The van der Waals surface area contributed by atoms with Gasteiger partial charge in [-0.15, -0.1) is 0 Å². The molecule has 0 saturated carbocycles. The minimum absolute atomic E-state index is 0.478. The van der Waals surface area contributed by atoms with Gasteiger partial charge in [0.25, 0.3) is 0 Å². The monoisotopic (exact) mass is 345 g/mol. The number of nitrogens with one attached hydrogen (secondary N) is 1. The predicted octanol–water partition coefficient (Wildman–Crippen LogP) is 3.37. The summed E-state index contributed by atoms with van der Waals surface area (Å²) >= 11 is 2.43. The minimum Gasteiger partial charge on any atom is -0.381 e. The van der Waals surface area contributed by atoms with Crippen LogP contribution in [0.3, 0.4) is 0 Å². The van der Waals surface area contributed by atoms with E-state index in [1.165, 1.54) is 28.4 Å². The van der Waals surface area contributed by atoms with E-state index >= 15 is 0 Å². The SMILES string of the molecule is CNC(CC1CCOCC1)c1ccccc1I. The van der Waals surface area contributed by atoms with Crippen molar-refractivity contribution < 1.29 is 4.74 Å². The number of rotatable bonds is 4. The first kappa shape index (κ1) is 13.3. The summed E-state index contributed by atoms with van der Waals surface area (Å²) in [6.07, 6.45) is 3.64. The molecule has 0 aromatic heterocycles. The maximum absolute atomic E-state index is 5.42. The second-order valence-electron chi connectivity index (χ2n) is 4.65. The topological polar surface area (TPSA) is 21.3 Å². The molecule has 0 bridgehead atoms. The molecule has 1 unspecified atom stereocenters. The Bertz CT molecular complexity index is 350. The van der Waals surface area contributed by atoms with Crippen LogP contribution in [0.4, 0.5) is 0 Å². The van der Waals surface area contributed by atoms with Gasteiger partial charge in [-0.1, -0.05) is 18.2 Å². The molecule has 94 valence electrons. The van der Waals surface area contributed by atoms with Crippen molar-refractivity contribution in [1.29, 1.82) is 0 Å². The fourth-order valence-corrected chi connectivity index (χ4v) is 3.24. The van der Waals surface area contributed by atoms with Crippen molar-refractivity contribution >= 4 is 22.6 Å². The highest BCUT2D eigenvalue weighted by Crippen LogP contribution is 2.29. The van der Waals surface area contributed by atoms with Crippen molar-refractivity contribution in [3.05, 3.63) is 33.4 Å². The molecule has 3 heteroatoms. The minimum atomic E-state index is 0.478. The Kier molecular flexibility index (Phi) is 5.25. The fourth-order valence-electron chi connectivity index (χ4n) is 2.47. The van der Waals surface area contributed by atoms with E-state index in [1.54, 1.807) is 0 Å². The van der Waals surface area contributed by atoms with Gasteiger partial charge in [0.05, 0.1) is 0 Å². The maximum atomic E-state index is 5.42. The van der Waals surface area contributed by atoms with Crippen molar-refractivity contribution in [3.63, 3.8) is 0 Å². The summed E-state index contributed by atoms with van der Waals surface area (Å²) in [5.74, 6) is 0.803. The maximum Gasteiger partial charge on any atom is 0.0468 e. The zero-order valence-corrected chi connectivity index (χ0v) is 12.4. The molecule has 1 aliphatic rings. The van der Waals surface area contributed by atoms with Crippen molar-refractivity contribution in [3.8, 4) is 0 Å². The zero-order chi connectivity index (χ0) is 12.1. The Morgan fingerprint density at radius 3 is 2.71 bits per heavy atom. The lowest BCUT2D eigenvalue weighted by molar-refractivity contribution is 0.0607. The highest BCUT2D eigenvalue weighted by molar-refractivity contribution is 14.1. The molecule has 1 fully saturated rings. The Morgan fingerprint density at radius 2 is 2.06 bits per heavy atom. The third-order valence-electron chi connectivity index (χ3n) is 3.54. The molecule has 17 heavy (non-hydrogen) atoms. The first-order valence-electron chi connectivity index (χ1n) is 6.30. The van der Waals surface area contributed by atoms with Gasteiger partial charge >= 0.3 is 0 Å². The predicted molar refractivity (Wildman–Crippen MR) is 79.1 cm³/mol. The van der Waals surface area contributed by atoms with E-state index in [2.05, 4.69) is 59.2 Å². The summed E-state index contributed by atoms with van der Waals surface area (Å²) in [7, 11) is 2.06. The molecule has 1 N–H and O–H groups in total. The third kappa shape index (κ3) is 3.66. The summed E-state index contributed by atoms with van der Waals surface area (Å²) in [6, 6.07) is 9.14. The van der Waals surface area contributed by atoms with Crippen molar-refractivity contribution in [2.24, 2.45) is 5.92 Å². The molecular weight excluding hydrogens is 325 g/mol. The second kappa shape index (κ2) is 6.71. The van der Waals surface area contributed by atoms with Crippen molar-refractivity contribution in [2.45, 2.75) is 25.3 Å². The van der Waals surface area contributed by atoms with Crippen LogP contribution in [0, 0.1) is 9.49 Å². The van der Waals surface area contributed by atoms with Crippen molar-refractivity contribution in [2.75, 3.05) is 20.3 Å². The molecule has 1 aromatic rings. The fraction of sp³-hybridized carbons (Fsp3) is 0.571. The molecule has 1 aliphatic heterocycles. The normalized spacial score (nSPS) is 19.2. The molecule has 1 atom stereocenters. The van der Waals surface area contributed by atoms with E-state index in [1.807, 2.05) is 0 Å². The van der Waals surface area contributed by atoms with Crippen LogP contribution in [-0.2, 0) is 4.74 Å². The Labute approximate surface area is 117 Å². The van der Waals surface area contributed by atoms with Gasteiger partial charge in [0.15, 0.2) is 0 Å². The molecule has 1 aromatic carbocycles. The Hall–Kier alpha value is -0.130. The molecule has 0 amide bonds. The third-order valence-corrected chi connectivity index (χ3v) is 4.52. The van der Waals surface area contributed by atoms with Crippen LogP contribution in [0.2, 0.25) is 0 Å². The van der Waals surface area contributed by atoms with E-state index in [9.17, 15) is 0 Å². The van der Waals surface area contributed by atoms with Gasteiger partial charge in [0, 0.05) is 22.8 Å². The van der Waals surface area contributed by atoms with Gasteiger partial charge in [0.2, 0.25) is 0 Å². The summed E-state index contributed by atoms with van der Waals surface area (Å²) in [5, 5.41) is 3.46. The largest absolute Gasteiger partial charge is 0.381 e. The Balaban J connectivity index is 2.03. The van der Waals surface area contributed by atoms with Gasteiger partial charge in [-0.25, -0.2) is 0 Å². The van der Waals surface area contributed by atoms with Crippen molar-refractivity contribution in [1.82, 2.24) is 5.32 Å². The lowest BCUT2D eigenvalue weighted by Crippen LogP contribution is -2.24. The molecule has 1 saturated heterocycles. The van der Waals surface area contributed by atoms with Gasteiger partial charge < -0.3 is 10.1 Å². The van der Waals surface area contributed by atoms with E-state index < -0.39 is 0 Å². The van der Waals surface area contributed by atoms with E-state index in [0.29, 0.717) is 6.04 Å². The molecule has 0 radical (unpaired) electrons. The highest BCUT2D eigenvalue weighted by atomic mass is 127. The van der Waals surface area contributed by atoms with Crippen LogP contribution >= 0.6 is 22.6 Å². The number of hydrogen-bond acceptors (Lipinski definition) is 2. The standard InChI is InChI=1S/C14H20INO/c1-16-14(10-11-6-8-17-9-7-11)12-4-2-3-5-13(12)15/h2-5,11,14,16H,6-10H2,1H3. The molecule has 0 aliphatic carbocycles. The van der Waals surface area contributed by atoms with Crippen LogP contribution in [0.25, 0.3) is 0 Å². The van der Waals surface area contributed by atoms with Gasteiger partial charge in [0.1, 0.15) is 0 Å². The summed E-state index contributed by atoms with van der Waals surface area (Å²) in [4.78, 5) is 0. The van der Waals surface area contributed by atoms with Crippen LogP contribution in [0.5, 0.6) is 0 Å². The highest BCUT2D eigenvalue weighted by Gasteiger charge is 2.20. The average molecular weight is 345 g/mol. The molecule has 1 heterocycles. The molecule has 0 spiro atoms. The first-order chi connectivity index (χ1) is 8.31. The first-order valence-corrected chi connectivity index (χ1v) is 7.38. The van der Waals surface area contributed by atoms with Crippen LogP contribution < -0.4 is 5.32 Å².